The molecular formula is C12H12N4O2. The van der Waals surface area contributed by atoms with Gasteiger partial charge >= 0.3 is 0 Å². The smallest absolute Gasteiger partial charge is 0.277 e. The zero-order valence-corrected chi connectivity index (χ0v) is 10.3. The normalized spacial score (nSPS) is 11.3. The summed E-state index contributed by atoms with van der Waals surface area (Å²) in [4.78, 5) is 20.8. The Balaban J connectivity index is 2.62. The lowest BCUT2D eigenvalue weighted by Crippen LogP contribution is -2.20. The van der Waals surface area contributed by atoms with E-state index in [9.17, 15) is 4.79 Å². The minimum absolute atomic E-state index is 0.0792. The number of imidazole rings is 1. The third-order valence-electron chi connectivity index (χ3n) is 3.09. The van der Waals surface area contributed by atoms with E-state index in [-0.39, 0.29) is 5.56 Å². The maximum Gasteiger partial charge on any atom is 0.277 e. The number of pyridine rings is 1. The second kappa shape index (κ2) is 3.56. The zero-order valence-electron chi connectivity index (χ0n) is 10.3. The lowest BCUT2D eigenvalue weighted by atomic mass is 10.3. The average Bonchev–Trinajstić information content (AvgIpc) is 2.77. The Morgan fingerprint density at radius 1 is 1.33 bits per heavy atom. The van der Waals surface area contributed by atoms with E-state index in [0.29, 0.717) is 22.7 Å². The number of hydrogen-bond donors (Lipinski definition) is 0. The molecule has 18 heavy (non-hydrogen) atoms. The maximum atomic E-state index is 12.2. The topological polar surface area (TPSA) is 61.4 Å². The number of methoxy groups -OCH3 is 1. The summed E-state index contributed by atoms with van der Waals surface area (Å²) < 4.78 is 8.39. The molecule has 0 saturated heterocycles. The van der Waals surface area contributed by atoms with E-state index in [1.807, 2.05) is 13.0 Å². The molecule has 0 aliphatic rings. The molecule has 0 amide bonds. The first kappa shape index (κ1) is 10.8. The van der Waals surface area contributed by atoms with E-state index in [1.54, 1.807) is 35.5 Å². The summed E-state index contributed by atoms with van der Waals surface area (Å²) in [6.07, 6.45) is 1.61. The van der Waals surface area contributed by atoms with Crippen LogP contribution < -0.4 is 10.3 Å². The molecule has 0 bridgehead atoms. The maximum absolute atomic E-state index is 12.2. The molecule has 6 nitrogen and oxygen atoms in total. The molecule has 3 rings (SSSR count). The molecule has 0 aliphatic heterocycles. The Labute approximate surface area is 102 Å². The van der Waals surface area contributed by atoms with Crippen molar-refractivity contribution < 1.29 is 4.74 Å². The molecule has 0 aliphatic carbocycles. The van der Waals surface area contributed by atoms with Gasteiger partial charge in [0.05, 0.1) is 18.3 Å². The number of aromatic nitrogens is 4. The van der Waals surface area contributed by atoms with E-state index in [1.165, 1.54) is 0 Å². The number of rotatable bonds is 1. The van der Waals surface area contributed by atoms with Crippen LogP contribution in [0, 0.1) is 6.92 Å². The molecule has 0 unspecified atom stereocenters. The Kier molecular flexibility index (Phi) is 2.13. The largest absolute Gasteiger partial charge is 0.481 e. The van der Waals surface area contributed by atoms with E-state index < -0.39 is 0 Å². The molecule has 3 aromatic heterocycles. The van der Waals surface area contributed by atoms with Gasteiger partial charge in [0.15, 0.2) is 5.65 Å². The van der Waals surface area contributed by atoms with Crippen LogP contribution in [0.15, 0.2) is 23.3 Å². The van der Waals surface area contributed by atoms with Crippen LogP contribution in [-0.4, -0.2) is 26.0 Å². The number of nitrogens with zero attached hydrogens (tertiary/aromatic N) is 4. The Hall–Kier alpha value is -2.37. The molecule has 0 fully saturated rings. The summed E-state index contributed by atoms with van der Waals surface area (Å²) in [6.45, 7) is 1.81. The SMILES string of the molecule is COc1ccc2c(n1)n1cnc(C)c1c(=O)n2C. The molecular weight excluding hydrogens is 232 g/mol. The highest BCUT2D eigenvalue weighted by Gasteiger charge is 2.13. The highest BCUT2D eigenvalue weighted by atomic mass is 16.5. The van der Waals surface area contributed by atoms with Crippen molar-refractivity contribution in [3.8, 4) is 5.88 Å². The summed E-state index contributed by atoms with van der Waals surface area (Å²) in [7, 11) is 3.29. The van der Waals surface area contributed by atoms with Gasteiger partial charge in [0.2, 0.25) is 5.88 Å². The second-order valence-corrected chi connectivity index (χ2v) is 4.11. The van der Waals surface area contributed by atoms with Crippen molar-refractivity contribution in [3.05, 3.63) is 34.5 Å². The van der Waals surface area contributed by atoms with Crippen LogP contribution in [0.1, 0.15) is 5.69 Å². The Bertz CT molecular complexity index is 816. The number of fused-ring (bicyclic) bond motifs is 3. The van der Waals surface area contributed by atoms with Crippen LogP contribution in [0.3, 0.4) is 0 Å². The van der Waals surface area contributed by atoms with Crippen LogP contribution in [0.5, 0.6) is 5.88 Å². The molecule has 6 heteroatoms. The molecule has 0 spiro atoms. The van der Waals surface area contributed by atoms with Gasteiger partial charge < -0.3 is 9.30 Å². The lowest BCUT2D eigenvalue weighted by Gasteiger charge is -2.08. The van der Waals surface area contributed by atoms with Gasteiger partial charge in [-0.05, 0) is 13.0 Å². The van der Waals surface area contributed by atoms with Gasteiger partial charge in [-0.2, -0.15) is 4.98 Å². The summed E-state index contributed by atoms with van der Waals surface area (Å²) in [5.41, 5.74) is 2.56. The van der Waals surface area contributed by atoms with E-state index >= 15 is 0 Å². The van der Waals surface area contributed by atoms with Gasteiger partial charge in [0.1, 0.15) is 11.8 Å². The van der Waals surface area contributed by atoms with E-state index in [2.05, 4.69) is 9.97 Å². The molecule has 0 aromatic carbocycles. The minimum atomic E-state index is -0.0792. The van der Waals surface area contributed by atoms with Crippen LogP contribution >= 0.6 is 0 Å². The third kappa shape index (κ3) is 1.25. The van der Waals surface area contributed by atoms with Crippen LogP contribution in [0.2, 0.25) is 0 Å². The monoisotopic (exact) mass is 244 g/mol. The van der Waals surface area contributed by atoms with Crippen molar-refractivity contribution >= 4 is 16.7 Å². The third-order valence-corrected chi connectivity index (χ3v) is 3.09. The van der Waals surface area contributed by atoms with E-state index in [0.717, 1.165) is 5.52 Å². The van der Waals surface area contributed by atoms with Crippen LogP contribution in [0.25, 0.3) is 16.7 Å². The molecule has 0 N–H and O–H groups in total. The fraction of sp³-hybridized carbons (Fsp3) is 0.250. The van der Waals surface area contributed by atoms with Crippen molar-refractivity contribution in [1.82, 2.24) is 18.9 Å². The lowest BCUT2D eigenvalue weighted by molar-refractivity contribution is 0.399. The van der Waals surface area contributed by atoms with Gasteiger partial charge in [-0.25, -0.2) is 4.98 Å². The molecule has 92 valence electrons. The zero-order chi connectivity index (χ0) is 12.9. The predicted octanol–water partition coefficient (Wildman–Crippen LogP) is 0.898. The highest BCUT2D eigenvalue weighted by molar-refractivity contribution is 5.76. The number of ether oxygens (including phenoxy) is 1. The van der Waals surface area contributed by atoms with Crippen LogP contribution in [-0.2, 0) is 7.05 Å². The summed E-state index contributed by atoms with van der Waals surface area (Å²) in [6, 6.07) is 3.55. The molecule has 0 saturated carbocycles. The van der Waals surface area contributed by atoms with Gasteiger partial charge in [0.25, 0.3) is 5.56 Å². The Morgan fingerprint density at radius 2 is 2.11 bits per heavy atom. The van der Waals surface area contributed by atoms with Crippen LogP contribution in [0.4, 0.5) is 0 Å². The molecule has 0 radical (unpaired) electrons. The highest BCUT2D eigenvalue weighted by Crippen LogP contribution is 2.17. The van der Waals surface area contributed by atoms with Crippen molar-refractivity contribution in [2.24, 2.45) is 7.05 Å². The van der Waals surface area contributed by atoms with Gasteiger partial charge in [0, 0.05) is 13.1 Å². The van der Waals surface area contributed by atoms with Crippen molar-refractivity contribution in [2.75, 3.05) is 7.11 Å². The average molecular weight is 244 g/mol. The van der Waals surface area contributed by atoms with Gasteiger partial charge in [-0.15, -0.1) is 0 Å². The van der Waals surface area contributed by atoms with Gasteiger partial charge in [-0.3, -0.25) is 9.20 Å². The molecule has 0 atom stereocenters. The fourth-order valence-electron chi connectivity index (χ4n) is 2.10. The van der Waals surface area contributed by atoms with Gasteiger partial charge in [-0.1, -0.05) is 0 Å². The molecule has 3 heterocycles. The molecule has 3 aromatic rings. The fourth-order valence-corrected chi connectivity index (χ4v) is 2.10. The van der Waals surface area contributed by atoms with Crippen molar-refractivity contribution in [2.45, 2.75) is 6.92 Å². The summed E-state index contributed by atoms with van der Waals surface area (Å²) >= 11 is 0. The van der Waals surface area contributed by atoms with Crippen molar-refractivity contribution in [1.29, 1.82) is 0 Å². The first-order valence-corrected chi connectivity index (χ1v) is 5.51. The number of hydrogen-bond acceptors (Lipinski definition) is 4. The van der Waals surface area contributed by atoms with Crippen molar-refractivity contribution in [3.63, 3.8) is 0 Å². The first-order valence-electron chi connectivity index (χ1n) is 5.51. The summed E-state index contributed by atoms with van der Waals surface area (Å²) in [5.74, 6) is 0.508. The van der Waals surface area contributed by atoms with E-state index in [4.69, 9.17) is 4.74 Å². The first-order chi connectivity index (χ1) is 8.63. The Morgan fingerprint density at radius 3 is 2.83 bits per heavy atom. The minimum Gasteiger partial charge on any atom is -0.481 e. The standard InChI is InChI=1S/C12H12N4O2/c1-7-10-12(17)15(2)8-4-5-9(18-3)14-11(8)16(10)6-13-7/h4-6H,1-3H3. The second-order valence-electron chi connectivity index (χ2n) is 4.11. The predicted molar refractivity (Wildman–Crippen MR) is 67.0 cm³/mol. The quantitative estimate of drug-likeness (QED) is 0.638. The number of aryl methyl sites for hydroxylation is 2. The summed E-state index contributed by atoms with van der Waals surface area (Å²) in [5, 5.41) is 0.